The molecule has 1 aliphatic rings. The number of tetrazole rings is 1. The fourth-order valence-corrected chi connectivity index (χ4v) is 2.60. The molecule has 0 unspecified atom stereocenters. The van der Waals surface area contributed by atoms with Crippen molar-refractivity contribution < 1.29 is 9.47 Å². The van der Waals surface area contributed by atoms with Gasteiger partial charge in [0.1, 0.15) is 0 Å². The van der Waals surface area contributed by atoms with Gasteiger partial charge in [-0.15, -0.1) is 10.2 Å². The molecule has 0 spiro atoms. The normalized spacial score (nSPS) is 13.9. The zero-order chi connectivity index (χ0) is 14.9. The Morgan fingerprint density at radius 1 is 1.29 bits per heavy atom. The van der Waals surface area contributed by atoms with E-state index < -0.39 is 0 Å². The van der Waals surface area contributed by atoms with Crippen molar-refractivity contribution >= 4 is 0 Å². The van der Waals surface area contributed by atoms with Crippen molar-refractivity contribution in [2.24, 2.45) is 0 Å². The highest BCUT2D eigenvalue weighted by atomic mass is 16.7. The van der Waals surface area contributed by atoms with Gasteiger partial charge in [0.15, 0.2) is 17.3 Å². The van der Waals surface area contributed by atoms with Gasteiger partial charge in [-0.05, 0) is 24.7 Å². The van der Waals surface area contributed by atoms with Crippen LogP contribution in [0.1, 0.15) is 25.2 Å². The summed E-state index contributed by atoms with van der Waals surface area (Å²) in [4.78, 5) is 2.23. The molecular formula is C14H19N5O2. The minimum Gasteiger partial charge on any atom is -0.454 e. The number of nitrogens with zero attached hydrogens (tertiary/aromatic N) is 4. The lowest BCUT2D eigenvalue weighted by Gasteiger charge is -2.27. The van der Waals surface area contributed by atoms with Crippen LogP contribution in [-0.2, 0) is 12.0 Å². The standard InChI is InChI=1S/C14H19N5O2/c1-14(2,13-15-17-18-16-13)8-19(3)7-10-4-5-11-12(6-10)21-9-20-11/h4-6H,7-9H2,1-3H3,(H,15,16,17,18). The Morgan fingerprint density at radius 2 is 2.10 bits per heavy atom. The summed E-state index contributed by atoms with van der Waals surface area (Å²) in [5.74, 6) is 2.35. The van der Waals surface area contributed by atoms with Crippen LogP contribution in [0.5, 0.6) is 11.5 Å². The number of benzene rings is 1. The van der Waals surface area contributed by atoms with E-state index in [1.54, 1.807) is 0 Å². The molecule has 7 heteroatoms. The van der Waals surface area contributed by atoms with Crippen LogP contribution in [0, 0.1) is 0 Å². The van der Waals surface area contributed by atoms with Crippen molar-refractivity contribution in [2.75, 3.05) is 20.4 Å². The molecule has 2 heterocycles. The second kappa shape index (κ2) is 5.33. The van der Waals surface area contributed by atoms with E-state index in [0.717, 1.165) is 30.4 Å². The minimum atomic E-state index is -0.169. The fourth-order valence-electron chi connectivity index (χ4n) is 2.60. The van der Waals surface area contributed by atoms with Crippen LogP contribution in [-0.4, -0.2) is 45.9 Å². The van der Waals surface area contributed by atoms with Gasteiger partial charge in [-0.1, -0.05) is 25.1 Å². The highest BCUT2D eigenvalue weighted by molar-refractivity contribution is 5.44. The topological polar surface area (TPSA) is 76.2 Å². The summed E-state index contributed by atoms with van der Waals surface area (Å²) in [7, 11) is 2.08. The van der Waals surface area contributed by atoms with E-state index in [9.17, 15) is 0 Å². The third-order valence-corrected chi connectivity index (χ3v) is 3.51. The van der Waals surface area contributed by atoms with Gasteiger partial charge in [0.2, 0.25) is 6.79 Å². The maximum atomic E-state index is 5.41. The Balaban J connectivity index is 1.65. The van der Waals surface area contributed by atoms with Gasteiger partial charge in [-0.25, -0.2) is 0 Å². The first-order valence-electron chi connectivity index (χ1n) is 6.85. The van der Waals surface area contributed by atoms with Gasteiger partial charge in [-0.2, -0.15) is 5.21 Å². The lowest BCUT2D eigenvalue weighted by atomic mass is 9.92. The maximum Gasteiger partial charge on any atom is 0.231 e. The molecule has 112 valence electrons. The number of rotatable bonds is 5. The summed E-state index contributed by atoms with van der Waals surface area (Å²) in [6.07, 6.45) is 0. The van der Waals surface area contributed by atoms with Crippen molar-refractivity contribution in [1.29, 1.82) is 0 Å². The molecule has 0 aliphatic carbocycles. The SMILES string of the molecule is CN(Cc1ccc2c(c1)OCO2)CC(C)(C)c1nn[nH]n1. The van der Waals surface area contributed by atoms with Crippen molar-refractivity contribution in [2.45, 2.75) is 25.8 Å². The molecule has 1 aromatic heterocycles. The summed E-state index contributed by atoms with van der Waals surface area (Å²) >= 11 is 0. The molecule has 7 nitrogen and oxygen atoms in total. The average Bonchev–Trinajstić information content (AvgIpc) is 3.09. The molecule has 0 amide bonds. The second-order valence-corrected chi connectivity index (χ2v) is 5.98. The van der Waals surface area contributed by atoms with Gasteiger partial charge in [0.05, 0.1) is 0 Å². The Labute approximate surface area is 123 Å². The largest absolute Gasteiger partial charge is 0.454 e. The zero-order valence-corrected chi connectivity index (χ0v) is 12.5. The van der Waals surface area contributed by atoms with Crippen LogP contribution >= 0.6 is 0 Å². The molecule has 1 N–H and O–H groups in total. The van der Waals surface area contributed by atoms with Crippen molar-refractivity contribution in [3.05, 3.63) is 29.6 Å². The average molecular weight is 289 g/mol. The molecule has 21 heavy (non-hydrogen) atoms. The summed E-state index contributed by atoms with van der Waals surface area (Å²) in [6.45, 7) is 6.15. The number of H-pyrrole nitrogens is 1. The van der Waals surface area contributed by atoms with Crippen molar-refractivity contribution in [3.8, 4) is 11.5 Å². The molecule has 0 radical (unpaired) electrons. The first kappa shape index (κ1) is 13.8. The highest BCUT2D eigenvalue weighted by Crippen LogP contribution is 2.33. The molecule has 0 atom stereocenters. The van der Waals surface area contributed by atoms with E-state index in [1.165, 1.54) is 5.56 Å². The summed E-state index contributed by atoms with van der Waals surface area (Å²) in [5.41, 5.74) is 1.02. The summed E-state index contributed by atoms with van der Waals surface area (Å²) in [6, 6.07) is 6.04. The van der Waals surface area contributed by atoms with Gasteiger partial charge >= 0.3 is 0 Å². The number of aromatic nitrogens is 4. The van der Waals surface area contributed by atoms with E-state index in [2.05, 4.69) is 52.5 Å². The maximum absolute atomic E-state index is 5.41. The van der Waals surface area contributed by atoms with Gasteiger partial charge in [0, 0.05) is 18.5 Å². The number of aromatic amines is 1. The van der Waals surface area contributed by atoms with E-state index in [1.807, 2.05) is 12.1 Å². The molecule has 3 rings (SSSR count). The molecule has 0 bridgehead atoms. The number of likely N-dealkylation sites (N-methyl/N-ethyl adjacent to an activating group) is 1. The van der Waals surface area contributed by atoms with Crippen LogP contribution < -0.4 is 9.47 Å². The predicted molar refractivity (Wildman–Crippen MR) is 76.1 cm³/mol. The van der Waals surface area contributed by atoms with E-state index >= 15 is 0 Å². The summed E-state index contributed by atoms with van der Waals surface area (Å²) < 4.78 is 10.7. The molecule has 0 fully saturated rings. The van der Waals surface area contributed by atoms with Crippen molar-refractivity contribution in [1.82, 2.24) is 25.5 Å². The first-order chi connectivity index (χ1) is 10.0. The summed E-state index contributed by atoms with van der Waals surface area (Å²) in [5, 5.41) is 14.3. The lowest BCUT2D eigenvalue weighted by molar-refractivity contribution is 0.174. The van der Waals surface area contributed by atoms with Crippen LogP contribution in [0.2, 0.25) is 0 Å². The van der Waals surface area contributed by atoms with Gasteiger partial charge < -0.3 is 14.4 Å². The molecule has 0 saturated heterocycles. The highest BCUT2D eigenvalue weighted by Gasteiger charge is 2.27. The molecule has 0 saturated carbocycles. The van der Waals surface area contributed by atoms with Crippen LogP contribution in [0.3, 0.4) is 0 Å². The Hall–Kier alpha value is -2.15. The number of nitrogens with one attached hydrogen (secondary N) is 1. The molecule has 1 aliphatic heterocycles. The molecule has 2 aromatic rings. The van der Waals surface area contributed by atoms with Crippen LogP contribution in [0.15, 0.2) is 18.2 Å². The predicted octanol–water partition coefficient (Wildman–Crippen LogP) is 1.34. The first-order valence-corrected chi connectivity index (χ1v) is 6.85. The van der Waals surface area contributed by atoms with Crippen LogP contribution in [0.4, 0.5) is 0 Å². The van der Waals surface area contributed by atoms with E-state index in [-0.39, 0.29) is 5.41 Å². The number of fused-ring (bicyclic) bond motifs is 1. The number of ether oxygens (including phenoxy) is 2. The Kier molecular flexibility index (Phi) is 3.50. The Morgan fingerprint density at radius 3 is 2.86 bits per heavy atom. The number of hydrogen-bond acceptors (Lipinski definition) is 6. The number of hydrogen-bond donors (Lipinski definition) is 1. The third kappa shape index (κ3) is 2.97. The second-order valence-electron chi connectivity index (χ2n) is 5.98. The molecular weight excluding hydrogens is 270 g/mol. The van der Waals surface area contributed by atoms with Crippen LogP contribution in [0.25, 0.3) is 0 Å². The lowest BCUT2D eigenvalue weighted by Crippen LogP contribution is -2.35. The monoisotopic (exact) mass is 289 g/mol. The fraction of sp³-hybridized carbons (Fsp3) is 0.500. The zero-order valence-electron chi connectivity index (χ0n) is 12.5. The van der Waals surface area contributed by atoms with Crippen molar-refractivity contribution in [3.63, 3.8) is 0 Å². The van der Waals surface area contributed by atoms with Gasteiger partial charge in [-0.3, -0.25) is 0 Å². The minimum absolute atomic E-state index is 0.169. The smallest absolute Gasteiger partial charge is 0.231 e. The van der Waals surface area contributed by atoms with E-state index in [0.29, 0.717) is 6.79 Å². The quantitative estimate of drug-likeness (QED) is 0.895. The van der Waals surface area contributed by atoms with E-state index in [4.69, 9.17) is 9.47 Å². The van der Waals surface area contributed by atoms with Gasteiger partial charge in [0.25, 0.3) is 0 Å². The Bertz CT molecular complexity index is 612. The third-order valence-electron chi connectivity index (χ3n) is 3.51. The molecule has 1 aromatic carbocycles.